The molecule has 1 aliphatic carbocycles. The smallest absolute Gasteiger partial charge is 0.411 e. The number of anilines is 1. The van der Waals surface area contributed by atoms with Gasteiger partial charge < -0.3 is 25.0 Å². The predicted octanol–water partition coefficient (Wildman–Crippen LogP) is 5.14. The van der Waals surface area contributed by atoms with Crippen molar-refractivity contribution in [3.05, 3.63) is 71.1 Å². The third-order valence-corrected chi connectivity index (χ3v) is 10.5. The molecule has 3 heterocycles. The van der Waals surface area contributed by atoms with Crippen molar-refractivity contribution in [2.45, 2.75) is 62.6 Å². The molecule has 2 N–H and O–H groups in total. The SMILES string of the molecule is O=C(NC1CC1)c1ccc(-c2csc(NC(=O)[C@@H]3CSC(CCCCC(=O)N4CCOCC4)N3C(=O)OCc3ccccc3)n2)cc1. The summed E-state index contributed by atoms with van der Waals surface area (Å²) in [5.41, 5.74) is 2.97. The first-order chi connectivity index (χ1) is 22.9. The molecule has 3 aliphatic rings. The van der Waals surface area contributed by atoms with E-state index in [0.717, 1.165) is 30.4 Å². The van der Waals surface area contributed by atoms with Crippen molar-refractivity contribution >= 4 is 52.0 Å². The minimum atomic E-state index is -0.736. The lowest BCUT2D eigenvalue weighted by molar-refractivity contribution is -0.135. The molecule has 13 heteroatoms. The van der Waals surface area contributed by atoms with E-state index in [9.17, 15) is 19.2 Å². The Labute approximate surface area is 282 Å². The molecule has 3 fully saturated rings. The highest BCUT2D eigenvalue weighted by Crippen LogP contribution is 2.35. The number of thiazole rings is 1. The Bertz CT molecular complexity index is 1540. The van der Waals surface area contributed by atoms with Crippen LogP contribution in [0.15, 0.2) is 60.0 Å². The summed E-state index contributed by atoms with van der Waals surface area (Å²) in [4.78, 5) is 60.0. The van der Waals surface area contributed by atoms with Crippen LogP contribution in [-0.2, 0) is 25.7 Å². The first kappa shape index (κ1) is 33.0. The molecule has 0 spiro atoms. The average molecular weight is 678 g/mol. The van der Waals surface area contributed by atoms with Crippen molar-refractivity contribution in [1.82, 2.24) is 20.1 Å². The number of carbonyl (C=O) groups excluding carboxylic acids is 4. The van der Waals surface area contributed by atoms with E-state index < -0.39 is 12.1 Å². The number of thioether (sulfide) groups is 1. The van der Waals surface area contributed by atoms with Gasteiger partial charge in [-0.15, -0.1) is 23.1 Å². The molecule has 4 amide bonds. The van der Waals surface area contributed by atoms with Gasteiger partial charge in [0.15, 0.2) is 5.13 Å². The Morgan fingerprint density at radius 1 is 0.979 bits per heavy atom. The number of ether oxygens (including phenoxy) is 2. The molecule has 2 saturated heterocycles. The maximum absolute atomic E-state index is 13.6. The fourth-order valence-corrected chi connectivity index (χ4v) is 7.70. The van der Waals surface area contributed by atoms with E-state index in [1.165, 1.54) is 11.3 Å². The number of aromatic nitrogens is 1. The van der Waals surface area contributed by atoms with Crippen LogP contribution in [0.4, 0.5) is 9.93 Å². The zero-order valence-corrected chi connectivity index (χ0v) is 27.7. The molecule has 2 aromatic carbocycles. The highest BCUT2D eigenvalue weighted by Gasteiger charge is 2.42. The molecular weight excluding hydrogens is 639 g/mol. The summed E-state index contributed by atoms with van der Waals surface area (Å²) in [6.07, 6.45) is 4.04. The third kappa shape index (κ3) is 8.91. The molecule has 1 unspecified atom stereocenters. The van der Waals surface area contributed by atoms with E-state index in [1.54, 1.807) is 28.8 Å². The molecule has 1 saturated carbocycles. The van der Waals surface area contributed by atoms with Gasteiger partial charge in [-0.1, -0.05) is 48.9 Å². The van der Waals surface area contributed by atoms with Gasteiger partial charge in [0.1, 0.15) is 12.6 Å². The van der Waals surface area contributed by atoms with Gasteiger partial charge in [-0.25, -0.2) is 9.78 Å². The zero-order chi connectivity index (χ0) is 32.6. The summed E-state index contributed by atoms with van der Waals surface area (Å²) in [5, 5.41) is 7.92. The summed E-state index contributed by atoms with van der Waals surface area (Å²) in [6, 6.07) is 16.2. The summed E-state index contributed by atoms with van der Waals surface area (Å²) in [7, 11) is 0. The fourth-order valence-electron chi connectivity index (χ4n) is 5.53. The Hall–Kier alpha value is -3.94. The normalized spacial score (nSPS) is 19.3. The van der Waals surface area contributed by atoms with Gasteiger partial charge in [0.05, 0.1) is 24.3 Å². The average Bonchev–Trinajstić information content (AvgIpc) is 3.62. The second-order valence-electron chi connectivity index (χ2n) is 11.8. The van der Waals surface area contributed by atoms with Crippen molar-refractivity contribution in [2.75, 3.05) is 37.4 Å². The van der Waals surface area contributed by atoms with Crippen LogP contribution in [0.5, 0.6) is 0 Å². The van der Waals surface area contributed by atoms with E-state index in [2.05, 4.69) is 15.6 Å². The molecule has 248 valence electrons. The second-order valence-corrected chi connectivity index (χ2v) is 13.9. The highest BCUT2D eigenvalue weighted by molar-refractivity contribution is 8.00. The Morgan fingerprint density at radius 2 is 1.74 bits per heavy atom. The van der Waals surface area contributed by atoms with Crippen molar-refractivity contribution < 1.29 is 28.7 Å². The summed E-state index contributed by atoms with van der Waals surface area (Å²) < 4.78 is 11.0. The molecule has 0 bridgehead atoms. The number of benzene rings is 2. The molecular formula is C34H39N5O6S2. The zero-order valence-electron chi connectivity index (χ0n) is 26.1. The number of hydrogen-bond donors (Lipinski definition) is 2. The monoisotopic (exact) mass is 677 g/mol. The summed E-state index contributed by atoms with van der Waals surface area (Å²) in [6.45, 7) is 2.50. The highest BCUT2D eigenvalue weighted by atomic mass is 32.2. The van der Waals surface area contributed by atoms with E-state index in [0.29, 0.717) is 73.7 Å². The van der Waals surface area contributed by atoms with E-state index >= 15 is 0 Å². The van der Waals surface area contributed by atoms with Gasteiger partial charge >= 0.3 is 6.09 Å². The van der Waals surface area contributed by atoms with Crippen LogP contribution in [0.3, 0.4) is 0 Å². The number of nitrogens with one attached hydrogen (secondary N) is 2. The van der Waals surface area contributed by atoms with Crippen LogP contribution in [0, 0.1) is 0 Å². The van der Waals surface area contributed by atoms with Crippen LogP contribution in [0.2, 0.25) is 0 Å². The van der Waals surface area contributed by atoms with Crippen molar-refractivity contribution in [3.63, 3.8) is 0 Å². The van der Waals surface area contributed by atoms with Gasteiger partial charge in [0.2, 0.25) is 11.8 Å². The number of morpholine rings is 1. The lowest BCUT2D eigenvalue weighted by Gasteiger charge is -2.28. The molecule has 2 atom stereocenters. The molecule has 6 rings (SSSR count). The predicted molar refractivity (Wildman–Crippen MR) is 181 cm³/mol. The van der Waals surface area contributed by atoms with Gasteiger partial charge in [0.25, 0.3) is 5.91 Å². The van der Waals surface area contributed by atoms with Crippen LogP contribution in [0.1, 0.15) is 54.4 Å². The van der Waals surface area contributed by atoms with E-state index in [1.807, 2.05) is 52.7 Å². The Kier molecular flexibility index (Phi) is 11.1. The molecule has 47 heavy (non-hydrogen) atoms. The molecule has 2 aliphatic heterocycles. The first-order valence-electron chi connectivity index (χ1n) is 16.1. The molecule has 0 radical (unpaired) electrons. The van der Waals surface area contributed by atoms with Crippen LogP contribution < -0.4 is 10.6 Å². The summed E-state index contributed by atoms with van der Waals surface area (Å²) in [5.74, 6) is 0.145. The fraction of sp³-hybridized carbons (Fsp3) is 0.441. The van der Waals surface area contributed by atoms with Gasteiger partial charge in [-0.05, 0) is 43.4 Å². The molecule has 1 aromatic heterocycles. The number of rotatable bonds is 12. The summed E-state index contributed by atoms with van der Waals surface area (Å²) >= 11 is 2.85. The van der Waals surface area contributed by atoms with Gasteiger partial charge in [-0.3, -0.25) is 19.3 Å². The van der Waals surface area contributed by atoms with E-state index in [4.69, 9.17) is 9.47 Å². The van der Waals surface area contributed by atoms with Crippen molar-refractivity contribution in [2.24, 2.45) is 0 Å². The lowest BCUT2D eigenvalue weighted by Crippen LogP contribution is -2.48. The molecule has 11 nitrogen and oxygen atoms in total. The minimum Gasteiger partial charge on any atom is -0.445 e. The maximum atomic E-state index is 13.6. The quantitative estimate of drug-likeness (QED) is 0.252. The Morgan fingerprint density at radius 3 is 2.49 bits per heavy atom. The topological polar surface area (TPSA) is 130 Å². The second kappa shape index (κ2) is 15.8. The number of hydrogen-bond acceptors (Lipinski definition) is 9. The van der Waals surface area contributed by atoms with Gasteiger partial charge in [-0.2, -0.15) is 0 Å². The van der Waals surface area contributed by atoms with E-state index in [-0.39, 0.29) is 29.7 Å². The maximum Gasteiger partial charge on any atom is 0.411 e. The van der Waals surface area contributed by atoms with Crippen molar-refractivity contribution in [3.8, 4) is 11.3 Å². The Balaban J connectivity index is 1.06. The first-order valence-corrected chi connectivity index (χ1v) is 18.0. The number of nitrogens with zero attached hydrogens (tertiary/aromatic N) is 3. The standard InChI is InChI=1S/C34H39N5O6S2/c40-29(38-16-18-44-19-17-38)8-4-5-9-30-39(34(43)45-20-23-6-2-1-3-7-23)28(22-46-30)32(42)37-33-36-27(21-47-33)24-10-12-25(13-11-24)31(41)35-26-14-15-26/h1-3,6-7,10-13,21,26,28,30H,4-5,8-9,14-20,22H2,(H,35,41)(H,36,37,42)/t28-,30?/m0/s1. The van der Waals surface area contributed by atoms with Crippen LogP contribution in [-0.4, -0.2) is 88.1 Å². The largest absolute Gasteiger partial charge is 0.445 e. The van der Waals surface area contributed by atoms with Crippen LogP contribution in [0.25, 0.3) is 11.3 Å². The number of carbonyl (C=O) groups is 4. The number of amides is 4. The number of unbranched alkanes of at least 4 members (excludes halogenated alkanes) is 1. The van der Waals surface area contributed by atoms with Gasteiger partial charge in [0, 0.05) is 47.8 Å². The lowest BCUT2D eigenvalue weighted by atomic mass is 10.1. The third-order valence-electron chi connectivity index (χ3n) is 8.36. The van der Waals surface area contributed by atoms with Crippen LogP contribution >= 0.6 is 23.1 Å². The minimum absolute atomic E-state index is 0.0775. The molecule has 3 aromatic rings. The van der Waals surface area contributed by atoms with Crippen molar-refractivity contribution in [1.29, 1.82) is 0 Å².